The quantitative estimate of drug-likeness (QED) is 0.681. The second kappa shape index (κ2) is 7.11. The summed E-state index contributed by atoms with van der Waals surface area (Å²) in [6, 6.07) is 0.606. The highest BCUT2D eigenvalue weighted by Gasteiger charge is 2.02. The normalized spacial score (nSPS) is 16.4. The molecule has 2 heteroatoms. The first-order valence-electron chi connectivity index (χ1n) is 4.50. The zero-order valence-corrected chi connectivity index (χ0v) is 9.45. The molecule has 0 aliphatic rings. The second-order valence-corrected chi connectivity index (χ2v) is 4.00. The zero-order chi connectivity index (χ0) is 8.69. The first-order chi connectivity index (χ1) is 5.20. The molecule has 1 N–H and O–H groups in total. The number of nitrogens with one attached hydrogen (secondary N) is 1. The van der Waals surface area contributed by atoms with E-state index in [1.807, 2.05) is 0 Å². The van der Waals surface area contributed by atoms with E-state index in [-0.39, 0.29) is 0 Å². The molecule has 0 fully saturated rings. The van der Waals surface area contributed by atoms with Crippen LogP contribution in [0.1, 0.15) is 33.6 Å². The smallest absolute Gasteiger partial charge is 0.0183 e. The summed E-state index contributed by atoms with van der Waals surface area (Å²) < 4.78 is 0. The van der Waals surface area contributed by atoms with E-state index in [9.17, 15) is 0 Å². The van der Waals surface area contributed by atoms with Crippen LogP contribution in [0.3, 0.4) is 0 Å². The maximum Gasteiger partial charge on any atom is 0.0183 e. The Hall–Kier alpha value is 0.440. The van der Waals surface area contributed by atoms with E-state index >= 15 is 0 Å². The van der Waals surface area contributed by atoms with Crippen LogP contribution >= 0.6 is 15.9 Å². The molecular weight excluding hydrogens is 202 g/mol. The van der Waals surface area contributed by atoms with Gasteiger partial charge in [-0.05, 0) is 25.8 Å². The molecule has 2 unspecified atom stereocenters. The summed E-state index contributed by atoms with van der Waals surface area (Å²) in [5.74, 6) is 0.821. The molecule has 68 valence electrons. The lowest BCUT2D eigenvalue weighted by Gasteiger charge is -2.14. The molecule has 11 heavy (non-hydrogen) atoms. The van der Waals surface area contributed by atoms with Crippen molar-refractivity contribution in [3.63, 3.8) is 0 Å². The molecule has 0 radical (unpaired) electrons. The average molecular weight is 222 g/mol. The molecule has 0 saturated carbocycles. The van der Waals surface area contributed by atoms with E-state index in [2.05, 4.69) is 42.0 Å². The van der Waals surface area contributed by atoms with Crippen LogP contribution in [0.5, 0.6) is 0 Å². The van der Waals surface area contributed by atoms with E-state index < -0.39 is 0 Å². The minimum absolute atomic E-state index is 0.606. The lowest BCUT2D eigenvalue weighted by molar-refractivity contribution is 0.453. The Morgan fingerprint density at radius 3 is 2.45 bits per heavy atom. The van der Waals surface area contributed by atoms with E-state index in [0.717, 1.165) is 17.8 Å². The Morgan fingerprint density at radius 1 is 1.36 bits per heavy atom. The third kappa shape index (κ3) is 6.82. The van der Waals surface area contributed by atoms with Gasteiger partial charge in [0.1, 0.15) is 0 Å². The van der Waals surface area contributed by atoms with Crippen molar-refractivity contribution in [1.82, 2.24) is 5.32 Å². The van der Waals surface area contributed by atoms with Gasteiger partial charge in [-0.15, -0.1) is 0 Å². The van der Waals surface area contributed by atoms with Crippen LogP contribution in [0.15, 0.2) is 0 Å². The fourth-order valence-electron chi connectivity index (χ4n) is 1.05. The maximum absolute atomic E-state index is 3.47. The van der Waals surface area contributed by atoms with Crippen LogP contribution in [-0.2, 0) is 0 Å². The molecule has 1 nitrogen and oxygen atoms in total. The van der Waals surface area contributed by atoms with Gasteiger partial charge in [0.25, 0.3) is 0 Å². The van der Waals surface area contributed by atoms with Crippen LogP contribution in [-0.4, -0.2) is 17.9 Å². The minimum atomic E-state index is 0.606. The monoisotopic (exact) mass is 221 g/mol. The van der Waals surface area contributed by atoms with Gasteiger partial charge in [0, 0.05) is 11.4 Å². The van der Waals surface area contributed by atoms with Gasteiger partial charge in [0.15, 0.2) is 0 Å². The summed E-state index contributed by atoms with van der Waals surface area (Å²) in [5.41, 5.74) is 0. The summed E-state index contributed by atoms with van der Waals surface area (Å²) in [5, 5.41) is 4.52. The van der Waals surface area contributed by atoms with Gasteiger partial charge in [0.05, 0.1) is 0 Å². The van der Waals surface area contributed by atoms with Gasteiger partial charge in [-0.3, -0.25) is 0 Å². The van der Waals surface area contributed by atoms with Gasteiger partial charge in [0.2, 0.25) is 0 Å². The van der Waals surface area contributed by atoms with Crippen LogP contribution < -0.4 is 5.32 Å². The molecule has 0 aromatic carbocycles. The summed E-state index contributed by atoms with van der Waals surface area (Å²) >= 11 is 3.44. The molecule has 0 aromatic rings. The number of halogens is 1. The molecule has 2 atom stereocenters. The van der Waals surface area contributed by atoms with E-state index in [1.54, 1.807) is 0 Å². The number of alkyl halides is 1. The molecule has 0 aliphatic carbocycles. The summed E-state index contributed by atoms with van der Waals surface area (Å²) in [6.07, 6.45) is 2.63. The zero-order valence-electron chi connectivity index (χ0n) is 7.86. The SMILES string of the molecule is CCCC(C)CNC(C)CBr. The van der Waals surface area contributed by atoms with Crippen LogP contribution in [0.4, 0.5) is 0 Å². The van der Waals surface area contributed by atoms with Gasteiger partial charge >= 0.3 is 0 Å². The topological polar surface area (TPSA) is 12.0 Å². The predicted octanol–water partition coefficient (Wildman–Crippen LogP) is 2.80. The van der Waals surface area contributed by atoms with Crippen molar-refractivity contribution in [2.45, 2.75) is 39.7 Å². The Kier molecular flexibility index (Phi) is 7.39. The Labute approximate surface area is 79.1 Å². The minimum Gasteiger partial charge on any atom is -0.313 e. The van der Waals surface area contributed by atoms with Gasteiger partial charge in [-0.1, -0.05) is 36.2 Å². The molecule has 0 aromatic heterocycles. The molecule has 0 amide bonds. The average Bonchev–Trinajstić information content (AvgIpc) is 2.01. The fraction of sp³-hybridized carbons (Fsp3) is 1.00. The van der Waals surface area contributed by atoms with E-state index in [4.69, 9.17) is 0 Å². The summed E-state index contributed by atoms with van der Waals surface area (Å²) in [6.45, 7) is 7.90. The van der Waals surface area contributed by atoms with Crippen molar-refractivity contribution in [1.29, 1.82) is 0 Å². The van der Waals surface area contributed by atoms with Gasteiger partial charge in [-0.2, -0.15) is 0 Å². The third-order valence-corrected chi connectivity index (χ3v) is 2.80. The number of hydrogen-bond donors (Lipinski definition) is 1. The third-order valence-electron chi connectivity index (χ3n) is 1.83. The lowest BCUT2D eigenvalue weighted by Crippen LogP contribution is -2.31. The summed E-state index contributed by atoms with van der Waals surface area (Å²) in [7, 11) is 0. The fourth-order valence-corrected chi connectivity index (χ4v) is 1.28. The van der Waals surface area contributed by atoms with Crippen LogP contribution in [0, 0.1) is 5.92 Å². The molecule has 0 aliphatic heterocycles. The highest BCUT2D eigenvalue weighted by molar-refractivity contribution is 9.09. The standard InChI is InChI=1S/C9H20BrN/c1-4-5-8(2)7-11-9(3)6-10/h8-9,11H,4-7H2,1-3H3. The van der Waals surface area contributed by atoms with Gasteiger partial charge < -0.3 is 5.32 Å². The second-order valence-electron chi connectivity index (χ2n) is 3.36. The first-order valence-corrected chi connectivity index (χ1v) is 5.62. The molecular formula is C9H20BrN. The largest absolute Gasteiger partial charge is 0.313 e. The van der Waals surface area contributed by atoms with Crippen LogP contribution in [0.25, 0.3) is 0 Å². The van der Waals surface area contributed by atoms with Crippen LogP contribution in [0.2, 0.25) is 0 Å². The van der Waals surface area contributed by atoms with Crippen molar-refractivity contribution < 1.29 is 0 Å². The molecule has 0 rings (SSSR count). The first kappa shape index (κ1) is 11.4. The maximum atomic E-state index is 3.47. The van der Waals surface area contributed by atoms with Crippen molar-refractivity contribution in [3.05, 3.63) is 0 Å². The lowest BCUT2D eigenvalue weighted by atomic mass is 10.1. The van der Waals surface area contributed by atoms with E-state index in [0.29, 0.717) is 6.04 Å². The number of hydrogen-bond acceptors (Lipinski definition) is 1. The van der Waals surface area contributed by atoms with Crippen molar-refractivity contribution in [3.8, 4) is 0 Å². The van der Waals surface area contributed by atoms with Crippen molar-refractivity contribution in [2.75, 3.05) is 11.9 Å². The summed E-state index contributed by atoms with van der Waals surface area (Å²) in [4.78, 5) is 0. The highest BCUT2D eigenvalue weighted by atomic mass is 79.9. The molecule has 0 saturated heterocycles. The molecule has 0 bridgehead atoms. The number of rotatable bonds is 6. The van der Waals surface area contributed by atoms with Crippen molar-refractivity contribution >= 4 is 15.9 Å². The molecule has 0 spiro atoms. The Morgan fingerprint density at radius 2 is 2.00 bits per heavy atom. The van der Waals surface area contributed by atoms with Crippen molar-refractivity contribution in [2.24, 2.45) is 5.92 Å². The highest BCUT2D eigenvalue weighted by Crippen LogP contribution is 2.03. The molecule has 0 heterocycles. The van der Waals surface area contributed by atoms with Gasteiger partial charge in [-0.25, -0.2) is 0 Å². The van der Waals surface area contributed by atoms with E-state index in [1.165, 1.54) is 12.8 Å². The Balaban J connectivity index is 3.22. The Bertz CT molecular complexity index is 85.6. The predicted molar refractivity (Wildman–Crippen MR) is 55.3 cm³/mol.